The summed E-state index contributed by atoms with van der Waals surface area (Å²) in [4.78, 5) is 0. The van der Waals surface area contributed by atoms with Gasteiger partial charge in [-0.3, -0.25) is 0 Å². The topological polar surface area (TPSA) is 36.9 Å². The highest BCUT2D eigenvalue weighted by Gasteiger charge is 1.82. The molecule has 0 atom stereocenters. The van der Waals surface area contributed by atoms with E-state index < -0.39 is 0 Å². The van der Waals surface area contributed by atoms with Gasteiger partial charge in [-0.1, -0.05) is 24.3 Å². The highest BCUT2D eigenvalue weighted by atomic mass is 16.5. The molecule has 0 rings (SSSR count). The predicted octanol–water partition coefficient (Wildman–Crippen LogP) is 1.42. The van der Waals surface area contributed by atoms with E-state index in [-0.39, 0.29) is 0 Å². The predicted molar refractivity (Wildman–Crippen MR) is 63.7 cm³/mol. The number of methoxy groups -OCH3 is 2. The Morgan fingerprint density at radius 1 is 0.688 bits per heavy atom. The van der Waals surface area contributed by atoms with Crippen molar-refractivity contribution in [2.45, 2.75) is 0 Å². The van der Waals surface area contributed by atoms with Crippen LogP contribution in [0.15, 0.2) is 24.3 Å². The lowest BCUT2D eigenvalue weighted by atomic mass is 10.4. The third kappa shape index (κ3) is 13.3. The van der Waals surface area contributed by atoms with E-state index in [0.717, 1.165) is 0 Å². The van der Waals surface area contributed by atoms with Crippen molar-refractivity contribution in [3.05, 3.63) is 24.3 Å². The van der Waals surface area contributed by atoms with Gasteiger partial charge in [0, 0.05) is 14.2 Å². The minimum absolute atomic E-state index is 0.609. The fraction of sp³-hybridized carbons (Fsp3) is 0.667. The number of hydrogen-bond acceptors (Lipinski definition) is 4. The molecule has 4 heteroatoms. The lowest BCUT2D eigenvalue weighted by molar-refractivity contribution is 0.0850. The van der Waals surface area contributed by atoms with E-state index >= 15 is 0 Å². The summed E-state index contributed by atoms with van der Waals surface area (Å²) in [5, 5.41) is 0. The smallest absolute Gasteiger partial charge is 0.0704 e. The quantitative estimate of drug-likeness (QED) is 0.397. The number of ether oxygens (including phenoxy) is 4. The van der Waals surface area contributed by atoms with E-state index in [2.05, 4.69) is 0 Å². The molecule has 94 valence electrons. The van der Waals surface area contributed by atoms with E-state index in [1.165, 1.54) is 0 Å². The van der Waals surface area contributed by atoms with Crippen molar-refractivity contribution in [2.24, 2.45) is 0 Å². The SMILES string of the molecule is COCCOC/C=C/C=C/COCCOC. The van der Waals surface area contributed by atoms with Gasteiger partial charge in [0.1, 0.15) is 0 Å². The second-order valence-corrected chi connectivity index (χ2v) is 2.99. The van der Waals surface area contributed by atoms with Crippen LogP contribution in [0.25, 0.3) is 0 Å². The number of rotatable bonds is 11. The van der Waals surface area contributed by atoms with Gasteiger partial charge >= 0.3 is 0 Å². The molecule has 0 aliphatic carbocycles. The van der Waals surface area contributed by atoms with E-state index in [0.29, 0.717) is 39.6 Å². The molecule has 0 spiro atoms. The molecule has 4 nitrogen and oxygen atoms in total. The monoisotopic (exact) mass is 230 g/mol. The molecule has 0 radical (unpaired) electrons. The van der Waals surface area contributed by atoms with Gasteiger partial charge in [0.25, 0.3) is 0 Å². The molecule has 0 fully saturated rings. The Bertz CT molecular complexity index is 158. The molecule has 16 heavy (non-hydrogen) atoms. The Balaban J connectivity index is 3.15. The van der Waals surface area contributed by atoms with Crippen LogP contribution in [0.1, 0.15) is 0 Å². The Labute approximate surface area is 97.8 Å². The molecular formula is C12H22O4. The minimum Gasteiger partial charge on any atom is -0.382 e. The lowest BCUT2D eigenvalue weighted by Gasteiger charge is -1.98. The van der Waals surface area contributed by atoms with E-state index in [1.807, 2.05) is 24.3 Å². The molecule has 0 aromatic heterocycles. The molecular weight excluding hydrogens is 208 g/mol. The molecule has 0 bridgehead atoms. The molecule has 0 aromatic carbocycles. The zero-order valence-electron chi connectivity index (χ0n) is 10.2. The maximum Gasteiger partial charge on any atom is 0.0704 e. The van der Waals surface area contributed by atoms with Crippen LogP contribution < -0.4 is 0 Å². The first-order valence-electron chi connectivity index (χ1n) is 5.37. The lowest BCUT2D eigenvalue weighted by Crippen LogP contribution is -2.01. The van der Waals surface area contributed by atoms with E-state index in [4.69, 9.17) is 18.9 Å². The second kappa shape index (κ2) is 14.3. The number of allylic oxidation sites excluding steroid dienone is 2. The average molecular weight is 230 g/mol. The summed E-state index contributed by atoms with van der Waals surface area (Å²) in [6, 6.07) is 0. The first kappa shape index (κ1) is 15.3. The van der Waals surface area contributed by atoms with E-state index in [1.54, 1.807) is 14.2 Å². The van der Waals surface area contributed by atoms with Crippen LogP contribution in [-0.4, -0.2) is 53.9 Å². The maximum absolute atomic E-state index is 5.24. The molecule has 0 aliphatic heterocycles. The van der Waals surface area contributed by atoms with Gasteiger partial charge in [0.05, 0.1) is 39.6 Å². The van der Waals surface area contributed by atoms with Gasteiger partial charge in [0.2, 0.25) is 0 Å². The van der Waals surface area contributed by atoms with Crippen LogP contribution in [0.3, 0.4) is 0 Å². The summed E-state index contributed by atoms with van der Waals surface area (Å²) in [6.45, 7) is 3.75. The van der Waals surface area contributed by atoms with Crippen LogP contribution in [0.2, 0.25) is 0 Å². The average Bonchev–Trinajstić information content (AvgIpc) is 2.31. The van der Waals surface area contributed by atoms with Crippen molar-refractivity contribution in [3.8, 4) is 0 Å². The van der Waals surface area contributed by atoms with Crippen molar-refractivity contribution < 1.29 is 18.9 Å². The Hall–Kier alpha value is -0.680. The summed E-state index contributed by atoms with van der Waals surface area (Å²) in [6.07, 6.45) is 7.77. The number of hydrogen-bond donors (Lipinski definition) is 0. The zero-order chi connectivity index (χ0) is 11.9. The molecule has 0 aliphatic rings. The molecule has 0 unspecified atom stereocenters. The highest BCUT2D eigenvalue weighted by Crippen LogP contribution is 1.83. The first-order valence-corrected chi connectivity index (χ1v) is 5.37. The molecule has 0 saturated carbocycles. The molecule has 0 saturated heterocycles. The summed E-state index contributed by atoms with van der Waals surface area (Å²) in [5.41, 5.74) is 0. The third-order valence-corrected chi connectivity index (χ3v) is 1.68. The fourth-order valence-electron chi connectivity index (χ4n) is 0.856. The molecule has 0 aromatic rings. The van der Waals surface area contributed by atoms with Crippen molar-refractivity contribution in [1.82, 2.24) is 0 Å². The Morgan fingerprint density at radius 3 is 1.50 bits per heavy atom. The Morgan fingerprint density at radius 2 is 1.12 bits per heavy atom. The largest absolute Gasteiger partial charge is 0.382 e. The van der Waals surface area contributed by atoms with Crippen molar-refractivity contribution in [3.63, 3.8) is 0 Å². The first-order chi connectivity index (χ1) is 7.91. The van der Waals surface area contributed by atoms with Crippen molar-refractivity contribution in [2.75, 3.05) is 53.9 Å². The fourth-order valence-corrected chi connectivity index (χ4v) is 0.856. The van der Waals surface area contributed by atoms with Gasteiger partial charge in [-0.25, -0.2) is 0 Å². The van der Waals surface area contributed by atoms with Crippen molar-refractivity contribution >= 4 is 0 Å². The minimum atomic E-state index is 0.609. The summed E-state index contributed by atoms with van der Waals surface area (Å²) < 4.78 is 20.2. The van der Waals surface area contributed by atoms with Crippen LogP contribution in [0, 0.1) is 0 Å². The van der Waals surface area contributed by atoms with Crippen LogP contribution in [0.4, 0.5) is 0 Å². The van der Waals surface area contributed by atoms with Crippen LogP contribution in [-0.2, 0) is 18.9 Å². The summed E-state index contributed by atoms with van der Waals surface area (Å²) in [7, 11) is 3.32. The van der Waals surface area contributed by atoms with Gasteiger partial charge in [0.15, 0.2) is 0 Å². The highest BCUT2D eigenvalue weighted by molar-refractivity contribution is 5.02. The van der Waals surface area contributed by atoms with Gasteiger partial charge in [-0.15, -0.1) is 0 Å². The third-order valence-electron chi connectivity index (χ3n) is 1.68. The molecule has 0 heterocycles. The zero-order valence-corrected chi connectivity index (χ0v) is 10.2. The summed E-state index contributed by atoms with van der Waals surface area (Å²) >= 11 is 0. The van der Waals surface area contributed by atoms with Crippen LogP contribution in [0.5, 0.6) is 0 Å². The van der Waals surface area contributed by atoms with Crippen LogP contribution >= 0.6 is 0 Å². The van der Waals surface area contributed by atoms with Crippen molar-refractivity contribution in [1.29, 1.82) is 0 Å². The summed E-state index contributed by atoms with van der Waals surface area (Å²) in [5.74, 6) is 0. The normalized spacial score (nSPS) is 11.9. The molecule has 0 amide bonds. The van der Waals surface area contributed by atoms with E-state index in [9.17, 15) is 0 Å². The standard InChI is InChI=1S/C12H22O4/c1-13-9-11-15-7-5-3-4-6-8-16-12-10-14-2/h3-6H,7-12H2,1-2H3/b5-3+,6-4+. The van der Waals surface area contributed by atoms with Gasteiger partial charge in [-0.05, 0) is 0 Å². The second-order valence-electron chi connectivity index (χ2n) is 2.99. The Kier molecular flexibility index (Phi) is 13.7. The maximum atomic E-state index is 5.24. The van der Waals surface area contributed by atoms with Gasteiger partial charge in [-0.2, -0.15) is 0 Å². The molecule has 0 N–H and O–H groups in total. The van der Waals surface area contributed by atoms with Gasteiger partial charge < -0.3 is 18.9 Å².